The number of carbonyl (C=O) groups is 1. The predicted octanol–water partition coefficient (Wildman–Crippen LogP) is 2.90. The van der Waals surface area contributed by atoms with Crippen LogP contribution in [0.25, 0.3) is 0 Å². The molecule has 7 heteroatoms. The molecule has 1 amide bonds. The number of nitrogens with zero attached hydrogens (tertiary/aromatic N) is 2. The van der Waals surface area contributed by atoms with Gasteiger partial charge in [0.2, 0.25) is 0 Å². The quantitative estimate of drug-likeness (QED) is 0.843. The summed E-state index contributed by atoms with van der Waals surface area (Å²) in [5.74, 6) is -0.458. The Kier molecular flexibility index (Phi) is 5.73. The standard InChI is InChI=1S/C16H25F2N3O2/c1-11(2)9-21-13(14(17)18)12(8-20-21)15(22)19-10-16(23)6-4-3-5-7-16/h8,11,14,23H,3-7,9-10H2,1-2H3,(H,19,22). The maximum atomic E-state index is 13.3. The van der Waals surface area contributed by atoms with E-state index >= 15 is 0 Å². The van der Waals surface area contributed by atoms with Gasteiger partial charge in [-0.2, -0.15) is 5.10 Å². The van der Waals surface area contributed by atoms with E-state index in [0.29, 0.717) is 19.4 Å². The maximum absolute atomic E-state index is 13.3. The first-order chi connectivity index (χ1) is 10.8. The van der Waals surface area contributed by atoms with Crippen LogP contribution in [0.15, 0.2) is 6.20 Å². The van der Waals surface area contributed by atoms with Crippen molar-refractivity contribution in [2.45, 2.75) is 64.5 Å². The molecule has 1 aliphatic rings. The van der Waals surface area contributed by atoms with Gasteiger partial charge in [0.05, 0.1) is 17.4 Å². The van der Waals surface area contributed by atoms with Gasteiger partial charge >= 0.3 is 0 Å². The van der Waals surface area contributed by atoms with E-state index < -0.39 is 17.9 Å². The van der Waals surface area contributed by atoms with Gasteiger partial charge < -0.3 is 10.4 Å². The molecular weight excluding hydrogens is 304 g/mol. The molecule has 0 radical (unpaired) electrons. The number of aliphatic hydroxyl groups is 1. The fourth-order valence-electron chi connectivity index (χ4n) is 3.02. The minimum Gasteiger partial charge on any atom is -0.388 e. The number of rotatable bonds is 6. The fraction of sp³-hybridized carbons (Fsp3) is 0.750. The van der Waals surface area contributed by atoms with Crippen molar-refractivity contribution in [2.24, 2.45) is 5.92 Å². The Labute approximate surface area is 135 Å². The minimum atomic E-state index is -2.77. The third-order valence-electron chi connectivity index (χ3n) is 4.23. The molecular formula is C16H25F2N3O2. The van der Waals surface area contributed by atoms with Crippen LogP contribution in [0.2, 0.25) is 0 Å². The van der Waals surface area contributed by atoms with Crippen molar-refractivity contribution in [2.75, 3.05) is 6.54 Å². The number of aromatic nitrogens is 2. The van der Waals surface area contributed by atoms with Gasteiger partial charge in [-0.25, -0.2) is 8.78 Å². The zero-order chi connectivity index (χ0) is 17.0. The topological polar surface area (TPSA) is 67.2 Å². The molecule has 0 aromatic carbocycles. The van der Waals surface area contributed by atoms with Crippen LogP contribution < -0.4 is 5.32 Å². The third kappa shape index (κ3) is 4.50. The van der Waals surface area contributed by atoms with Crippen LogP contribution in [0.1, 0.15) is 68.4 Å². The second kappa shape index (κ2) is 7.38. The van der Waals surface area contributed by atoms with Gasteiger partial charge in [0.15, 0.2) is 0 Å². The number of hydrogen-bond acceptors (Lipinski definition) is 3. The second-order valence-corrected chi connectivity index (χ2v) is 6.79. The van der Waals surface area contributed by atoms with E-state index in [1.165, 1.54) is 10.9 Å². The molecule has 2 N–H and O–H groups in total. The third-order valence-corrected chi connectivity index (χ3v) is 4.23. The van der Waals surface area contributed by atoms with E-state index in [4.69, 9.17) is 0 Å². The lowest BCUT2D eigenvalue weighted by molar-refractivity contribution is 0.00521. The average Bonchev–Trinajstić information content (AvgIpc) is 2.88. The highest BCUT2D eigenvalue weighted by atomic mass is 19.3. The smallest absolute Gasteiger partial charge is 0.280 e. The largest absolute Gasteiger partial charge is 0.388 e. The molecule has 1 heterocycles. The molecule has 0 spiro atoms. The van der Waals surface area contributed by atoms with E-state index in [0.717, 1.165) is 19.3 Å². The Hall–Kier alpha value is -1.50. The summed E-state index contributed by atoms with van der Waals surface area (Å²) in [7, 11) is 0. The second-order valence-electron chi connectivity index (χ2n) is 6.79. The highest BCUT2D eigenvalue weighted by Crippen LogP contribution is 2.28. The number of nitrogens with one attached hydrogen (secondary N) is 1. The van der Waals surface area contributed by atoms with Crippen molar-refractivity contribution >= 4 is 5.91 Å². The van der Waals surface area contributed by atoms with Crippen molar-refractivity contribution in [3.63, 3.8) is 0 Å². The predicted molar refractivity (Wildman–Crippen MR) is 82.4 cm³/mol. The van der Waals surface area contributed by atoms with E-state index in [2.05, 4.69) is 10.4 Å². The van der Waals surface area contributed by atoms with Crippen LogP contribution in [0.3, 0.4) is 0 Å². The first-order valence-corrected chi connectivity index (χ1v) is 8.17. The van der Waals surface area contributed by atoms with Crippen molar-refractivity contribution in [1.29, 1.82) is 0 Å². The Morgan fingerprint density at radius 2 is 2.04 bits per heavy atom. The number of carbonyl (C=O) groups excluding carboxylic acids is 1. The summed E-state index contributed by atoms with van der Waals surface area (Å²) >= 11 is 0. The summed E-state index contributed by atoms with van der Waals surface area (Å²) < 4.78 is 27.8. The Balaban J connectivity index is 2.08. The van der Waals surface area contributed by atoms with Gasteiger partial charge in [-0.05, 0) is 18.8 Å². The van der Waals surface area contributed by atoms with E-state index in [1.807, 2.05) is 13.8 Å². The van der Waals surface area contributed by atoms with E-state index in [9.17, 15) is 18.7 Å². The number of halogens is 2. The van der Waals surface area contributed by atoms with Gasteiger partial charge in [-0.15, -0.1) is 0 Å². The fourth-order valence-corrected chi connectivity index (χ4v) is 3.02. The van der Waals surface area contributed by atoms with Gasteiger partial charge in [-0.1, -0.05) is 33.1 Å². The Morgan fingerprint density at radius 3 is 2.61 bits per heavy atom. The van der Waals surface area contributed by atoms with Crippen LogP contribution in [-0.2, 0) is 6.54 Å². The molecule has 2 rings (SSSR count). The molecule has 130 valence electrons. The highest BCUT2D eigenvalue weighted by molar-refractivity contribution is 5.95. The summed E-state index contributed by atoms with van der Waals surface area (Å²) in [4.78, 5) is 12.2. The normalized spacial score (nSPS) is 17.7. The Bertz CT molecular complexity index is 537. The van der Waals surface area contributed by atoms with Crippen LogP contribution in [-0.4, -0.2) is 32.9 Å². The average molecular weight is 329 g/mol. The maximum Gasteiger partial charge on any atom is 0.280 e. The summed E-state index contributed by atoms with van der Waals surface area (Å²) in [6, 6.07) is 0. The number of alkyl halides is 2. The summed E-state index contributed by atoms with van der Waals surface area (Å²) in [6.07, 6.45) is 2.58. The molecule has 5 nitrogen and oxygen atoms in total. The zero-order valence-electron chi connectivity index (χ0n) is 13.7. The lowest BCUT2D eigenvalue weighted by Crippen LogP contribution is -2.44. The zero-order valence-corrected chi connectivity index (χ0v) is 13.7. The molecule has 23 heavy (non-hydrogen) atoms. The van der Waals surface area contributed by atoms with Crippen molar-refractivity contribution in [1.82, 2.24) is 15.1 Å². The van der Waals surface area contributed by atoms with Gasteiger partial charge in [0.1, 0.15) is 5.69 Å². The molecule has 1 aromatic heterocycles. The van der Waals surface area contributed by atoms with Crippen LogP contribution in [0.5, 0.6) is 0 Å². The van der Waals surface area contributed by atoms with Crippen molar-refractivity contribution in [3.8, 4) is 0 Å². The molecule has 1 saturated carbocycles. The molecule has 0 saturated heterocycles. The Morgan fingerprint density at radius 1 is 1.39 bits per heavy atom. The highest BCUT2D eigenvalue weighted by Gasteiger charge is 2.31. The van der Waals surface area contributed by atoms with Crippen LogP contribution in [0, 0.1) is 5.92 Å². The lowest BCUT2D eigenvalue weighted by Gasteiger charge is -2.32. The van der Waals surface area contributed by atoms with E-state index in [-0.39, 0.29) is 23.7 Å². The molecule has 0 atom stereocenters. The monoisotopic (exact) mass is 329 g/mol. The molecule has 1 fully saturated rings. The first-order valence-electron chi connectivity index (χ1n) is 8.17. The van der Waals surface area contributed by atoms with Crippen molar-refractivity contribution < 1.29 is 18.7 Å². The minimum absolute atomic E-state index is 0.0872. The van der Waals surface area contributed by atoms with Crippen LogP contribution in [0.4, 0.5) is 8.78 Å². The van der Waals surface area contributed by atoms with Crippen molar-refractivity contribution in [3.05, 3.63) is 17.5 Å². The van der Waals surface area contributed by atoms with Crippen LogP contribution >= 0.6 is 0 Å². The number of hydrogen-bond donors (Lipinski definition) is 2. The molecule has 0 bridgehead atoms. The SMILES string of the molecule is CC(C)Cn1ncc(C(=O)NCC2(O)CCCCC2)c1C(F)F. The summed E-state index contributed by atoms with van der Waals surface area (Å²) in [6.45, 7) is 4.21. The molecule has 0 unspecified atom stereocenters. The summed E-state index contributed by atoms with van der Waals surface area (Å²) in [5.41, 5.74) is -1.39. The number of amides is 1. The van der Waals surface area contributed by atoms with Gasteiger partial charge in [0.25, 0.3) is 12.3 Å². The summed E-state index contributed by atoms with van der Waals surface area (Å²) in [5, 5.41) is 16.9. The van der Waals surface area contributed by atoms with E-state index in [1.54, 1.807) is 0 Å². The van der Waals surface area contributed by atoms with Gasteiger partial charge in [-0.3, -0.25) is 9.48 Å². The van der Waals surface area contributed by atoms with Gasteiger partial charge in [0, 0.05) is 13.1 Å². The lowest BCUT2D eigenvalue weighted by atomic mass is 9.85. The molecule has 1 aliphatic carbocycles. The molecule has 1 aromatic rings. The molecule has 0 aliphatic heterocycles. The first kappa shape index (κ1) is 17.8.